The van der Waals surface area contributed by atoms with Gasteiger partial charge in [-0.3, -0.25) is 0 Å². The third kappa shape index (κ3) is 5.48. The number of aromatic nitrogens is 2. The summed E-state index contributed by atoms with van der Waals surface area (Å²) in [5.41, 5.74) is 14.8. The Morgan fingerprint density at radius 3 is 1.61 bits per heavy atom. The van der Waals surface area contributed by atoms with Gasteiger partial charge < -0.3 is 9.13 Å². The van der Waals surface area contributed by atoms with Gasteiger partial charge in [-0.05, 0) is 113 Å². The molecular formula is C54H40N2. The molecule has 0 saturated heterocycles. The molecule has 0 N–H and O–H groups in total. The van der Waals surface area contributed by atoms with Crippen LogP contribution in [0.5, 0.6) is 0 Å². The molecule has 0 aliphatic heterocycles. The monoisotopic (exact) mass is 716 g/mol. The van der Waals surface area contributed by atoms with E-state index in [1.807, 2.05) is 0 Å². The summed E-state index contributed by atoms with van der Waals surface area (Å²) < 4.78 is 4.93. The van der Waals surface area contributed by atoms with E-state index >= 15 is 0 Å². The van der Waals surface area contributed by atoms with Crippen LogP contribution in [0.1, 0.15) is 12.8 Å². The number of fused-ring (bicyclic) bond motifs is 6. The van der Waals surface area contributed by atoms with Crippen LogP contribution in [0.4, 0.5) is 0 Å². The summed E-state index contributed by atoms with van der Waals surface area (Å²) in [5.74, 6) is 1.04. The highest BCUT2D eigenvalue weighted by molar-refractivity contribution is 6.13. The van der Waals surface area contributed by atoms with Gasteiger partial charge in [0.25, 0.3) is 0 Å². The lowest BCUT2D eigenvalue weighted by Crippen LogP contribution is -2.15. The summed E-state index contributed by atoms with van der Waals surface area (Å²) in [4.78, 5) is 0. The van der Waals surface area contributed by atoms with Crippen LogP contribution in [0, 0.1) is 11.8 Å². The Morgan fingerprint density at radius 2 is 0.911 bits per heavy atom. The van der Waals surface area contributed by atoms with Crippen molar-refractivity contribution in [3.63, 3.8) is 0 Å². The van der Waals surface area contributed by atoms with Gasteiger partial charge in [-0.2, -0.15) is 0 Å². The van der Waals surface area contributed by atoms with Gasteiger partial charge in [0.15, 0.2) is 0 Å². The lowest BCUT2D eigenvalue weighted by molar-refractivity contribution is 0.478. The van der Waals surface area contributed by atoms with Crippen LogP contribution in [0.15, 0.2) is 206 Å². The van der Waals surface area contributed by atoms with E-state index in [0.717, 1.165) is 18.5 Å². The Labute approximate surface area is 327 Å². The van der Waals surface area contributed by atoms with Crippen molar-refractivity contribution >= 4 is 49.3 Å². The van der Waals surface area contributed by atoms with E-state index in [4.69, 9.17) is 0 Å². The van der Waals surface area contributed by atoms with Gasteiger partial charge in [-0.25, -0.2) is 0 Å². The molecule has 2 atom stereocenters. The average molecular weight is 717 g/mol. The highest BCUT2D eigenvalue weighted by Gasteiger charge is 2.23. The van der Waals surface area contributed by atoms with Crippen molar-refractivity contribution in [2.75, 3.05) is 0 Å². The first-order valence-corrected chi connectivity index (χ1v) is 19.8. The molecule has 0 radical (unpaired) electrons. The molecule has 266 valence electrons. The number of hydrogen-bond donors (Lipinski definition) is 0. The molecule has 9 aromatic rings. The zero-order valence-corrected chi connectivity index (χ0v) is 31.1. The van der Waals surface area contributed by atoms with E-state index in [0.29, 0.717) is 11.8 Å². The lowest BCUT2D eigenvalue weighted by Gasteiger charge is -2.26. The second-order valence-electron chi connectivity index (χ2n) is 15.3. The Kier molecular flexibility index (Phi) is 7.81. The molecule has 0 fully saturated rings. The molecule has 2 aromatic heterocycles. The number of benzene rings is 7. The van der Waals surface area contributed by atoms with Crippen LogP contribution in [-0.2, 0) is 0 Å². The molecule has 56 heavy (non-hydrogen) atoms. The van der Waals surface area contributed by atoms with Crippen molar-refractivity contribution < 1.29 is 0 Å². The third-order valence-corrected chi connectivity index (χ3v) is 12.1. The van der Waals surface area contributed by atoms with Gasteiger partial charge >= 0.3 is 0 Å². The van der Waals surface area contributed by atoms with E-state index in [2.05, 4.69) is 215 Å². The minimum atomic E-state index is 0.495. The molecule has 2 heteroatoms. The third-order valence-electron chi connectivity index (χ3n) is 12.1. The van der Waals surface area contributed by atoms with Gasteiger partial charge in [0.05, 0.1) is 22.1 Å². The van der Waals surface area contributed by atoms with Crippen LogP contribution < -0.4 is 0 Å². The number of rotatable bonds is 6. The fourth-order valence-electron chi connectivity index (χ4n) is 9.27. The van der Waals surface area contributed by atoms with Crippen LogP contribution in [0.3, 0.4) is 0 Å². The predicted molar refractivity (Wildman–Crippen MR) is 238 cm³/mol. The first-order valence-electron chi connectivity index (χ1n) is 19.8. The van der Waals surface area contributed by atoms with E-state index in [1.54, 1.807) is 0 Å². The number of para-hydroxylation sites is 2. The van der Waals surface area contributed by atoms with Crippen molar-refractivity contribution in [2.45, 2.75) is 12.8 Å². The number of hydrogen-bond acceptors (Lipinski definition) is 0. The lowest BCUT2D eigenvalue weighted by atomic mass is 9.82. The summed E-state index contributed by atoms with van der Waals surface area (Å²) in [6.45, 7) is 0. The van der Waals surface area contributed by atoms with E-state index in [1.165, 1.54) is 82.7 Å². The molecule has 2 unspecified atom stereocenters. The quantitative estimate of drug-likeness (QED) is 0.162. The highest BCUT2D eigenvalue weighted by Crippen LogP contribution is 2.41. The molecule has 2 aliphatic carbocycles. The maximum absolute atomic E-state index is 2.51. The molecule has 0 spiro atoms. The second-order valence-corrected chi connectivity index (χ2v) is 15.3. The molecule has 7 aromatic carbocycles. The van der Waals surface area contributed by atoms with Crippen LogP contribution >= 0.6 is 0 Å². The molecular weight excluding hydrogens is 677 g/mol. The normalized spacial score (nSPS) is 16.7. The minimum absolute atomic E-state index is 0.495. The largest absolute Gasteiger partial charge is 0.313 e. The van der Waals surface area contributed by atoms with E-state index < -0.39 is 0 Å². The van der Waals surface area contributed by atoms with Gasteiger partial charge in [-0.15, -0.1) is 0 Å². The fourth-order valence-corrected chi connectivity index (χ4v) is 9.27. The van der Waals surface area contributed by atoms with Crippen molar-refractivity contribution in [3.8, 4) is 39.1 Å². The Bertz CT molecular complexity index is 3070. The highest BCUT2D eigenvalue weighted by atomic mass is 15.0. The zero-order valence-electron chi connectivity index (χ0n) is 31.1. The fraction of sp³-hybridized carbons (Fsp3) is 0.0741. The van der Waals surface area contributed by atoms with Crippen molar-refractivity contribution in [1.29, 1.82) is 0 Å². The standard InChI is InChI=1S/C54H40N2/c1-3-13-37(14-4-1)39-25-27-40(28-26-39)42-18-12-20-46(34-42)56-52-24-10-8-22-48(52)50-36-44(30-32-54(50)56)43-29-31-53-49(35-43)47-21-7-9-23-51(47)55(53)45-19-11-17-41(33-45)38-15-5-2-6-16-38/h1-15,17-32,34-36,38,41H,16,33H2. The maximum atomic E-state index is 2.51. The molecule has 2 heterocycles. The van der Waals surface area contributed by atoms with Crippen molar-refractivity contribution in [3.05, 3.63) is 206 Å². The van der Waals surface area contributed by atoms with Gasteiger partial charge in [0.2, 0.25) is 0 Å². The summed E-state index contributed by atoms with van der Waals surface area (Å²) in [5, 5.41) is 5.11. The van der Waals surface area contributed by atoms with E-state index in [-0.39, 0.29) is 0 Å². The summed E-state index contributed by atoms with van der Waals surface area (Å²) in [6.07, 6.45) is 18.2. The first kappa shape index (κ1) is 32.5. The molecule has 0 amide bonds. The molecule has 0 bridgehead atoms. The molecule has 2 aliphatic rings. The zero-order chi connectivity index (χ0) is 37.0. The summed E-state index contributed by atoms with van der Waals surface area (Å²) in [6, 6.07) is 60.3. The van der Waals surface area contributed by atoms with Crippen molar-refractivity contribution in [1.82, 2.24) is 9.13 Å². The summed E-state index contributed by atoms with van der Waals surface area (Å²) in [7, 11) is 0. The van der Waals surface area contributed by atoms with Gasteiger partial charge in [0.1, 0.15) is 0 Å². The number of nitrogens with zero attached hydrogens (tertiary/aromatic N) is 2. The van der Waals surface area contributed by atoms with Gasteiger partial charge in [0, 0.05) is 32.9 Å². The van der Waals surface area contributed by atoms with Crippen LogP contribution in [0.2, 0.25) is 0 Å². The number of allylic oxidation sites excluding steroid dienone is 8. The Balaban J connectivity index is 0.979. The predicted octanol–water partition coefficient (Wildman–Crippen LogP) is 14.4. The minimum Gasteiger partial charge on any atom is -0.313 e. The van der Waals surface area contributed by atoms with Crippen LogP contribution in [0.25, 0.3) is 88.4 Å². The maximum Gasteiger partial charge on any atom is 0.0541 e. The average Bonchev–Trinajstić information content (AvgIpc) is 3.79. The molecule has 2 nitrogen and oxygen atoms in total. The van der Waals surface area contributed by atoms with E-state index in [9.17, 15) is 0 Å². The SMILES string of the molecule is C1=CCC(C2C=CC=C(n3c4ccccc4c4cc(-c5ccc6c(c5)c5ccccc5n6-c5cccc(-c6ccc(-c7ccccc7)cc6)c5)ccc43)C2)C=C1. The summed E-state index contributed by atoms with van der Waals surface area (Å²) >= 11 is 0. The smallest absolute Gasteiger partial charge is 0.0541 e. The second kappa shape index (κ2) is 13.4. The molecule has 11 rings (SSSR count). The Morgan fingerprint density at radius 1 is 0.375 bits per heavy atom. The Hall–Kier alpha value is -6.90. The van der Waals surface area contributed by atoms with Crippen LogP contribution in [-0.4, -0.2) is 9.13 Å². The van der Waals surface area contributed by atoms with Gasteiger partial charge in [-0.1, -0.05) is 152 Å². The first-order chi connectivity index (χ1) is 27.8. The van der Waals surface area contributed by atoms with Crippen molar-refractivity contribution in [2.24, 2.45) is 11.8 Å². The topological polar surface area (TPSA) is 9.86 Å². The molecule has 0 saturated carbocycles.